The van der Waals surface area contributed by atoms with Crippen LogP contribution in [0.3, 0.4) is 0 Å². The number of anilines is 1. The number of rotatable bonds is 4. The van der Waals surface area contributed by atoms with Crippen LogP contribution in [0.2, 0.25) is 0 Å². The lowest BCUT2D eigenvalue weighted by atomic mass is 10.2. The van der Waals surface area contributed by atoms with Crippen LogP contribution < -0.4 is 10.1 Å². The Morgan fingerprint density at radius 2 is 1.96 bits per heavy atom. The molecule has 3 aromatic rings. The summed E-state index contributed by atoms with van der Waals surface area (Å²) in [4.78, 5) is 12.2. The Labute approximate surface area is 137 Å². The largest absolute Gasteiger partial charge is 0.494 e. The number of aryl methyl sites for hydroxylation is 1. The number of carbonyl (C=O) groups excluding carboxylic acids is 1. The van der Waals surface area contributed by atoms with E-state index in [0.29, 0.717) is 5.69 Å². The molecule has 7 heteroatoms. The van der Waals surface area contributed by atoms with Gasteiger partial charge in [-0.2, -0.15) is 0 Å². The molecule has 0 aliphatic heterocycles. The second-order valence-corrected chi connectivity index (χ2v) is 5.19. The SMILES string of the molecule is COc1ccc(NC(=O)c2cn(-c3ccc(C)cc3)nn2)cc1F. The van der Waals surface area contributed by atoms with Gasteiger partial charge >= 0.3 is 0 Å². The van der Waals surface area contributed by atoms with Gasteiger partial charge in [0.1, 0.15) is 0 Å². The van der Waals surface area contributed by atoms with Crippen molar-refractivity contribution in [2.75, 3.05) is 12.4 Å². The summed E-state index contributed by atoms with van der Waals surface area (Å²) in [7, 11) is 1.38. The van der Waals surface area contributed by atoms with Crippen molar-refractivity contribution in [3.63, 3.8) is 0 Å². The summed E-state index contributed by atoms with van der Waals surface area (Å²) in [5.41, 5.74) is 2.36. The van der Waals surface area contributed by atoms with E-state index >= 15 is 0 Å². The number of halogens is 1. The number of benzene rings is 2. The Hall–Kier alpha value is -3.22. The Kier molecular flexibility index (Phi) is 4.24. The van der Waals surface area contributed by atoms with Gasteiger partial charge in [0.2, 0.25) is 0 Å². The second-order valence-electron chi connectivity index (χ2n) is 5.19. The molecule has 0 unspecified atom stereocenters. The molecule has 0 aliphatic rings. The van der Waals surface area contributed by atoms with E-state index in [-0.39, 0.29) is 11.4 Å². The summed E-state index contributed by atoms with van der Waals surface area (Å²) >= 11 is 0. The van der Waals surface area contributed by atoms with Crippen LogP contribution in [-0.2, 0) is 0 Å². The molecule has 0 bridgehead atoms. The molecular weight excluding hydrogens is 311 g/mol. The Bertz CT molecular complexity index is 875. The zero-order valence-electron chi connectivity index (χ0n) is 13.2. The highest BCUT2D eigenvalue weighted by Crippen LogP contribution is 2.21. The minimum absolute atomic E-state index is 0.110. The van der Waals surface area contributed by atoms with E-state index in [4.69, 9.17) is 4.74 Å². The van der Waals surface area contributed by atoms with E-state index < -0.39 is 11.7 Å². The minimum Gasteiger partial charge on any atom is -0.494 e. The number of methoxy groups -OCH3 is 1. The molecule has 0 fully saturated rings. The molecule has 0 aliphatic carbocycles. The zero-order valence-corrected chi connectivity index (χ0v) is 13.2. The molecule has 1 aromatic heterocycles. The average molecular weight is 326 g/mol. The van der Waals surface area contributed by atoms with Gasteiger partial charge in [-0.15, -0.1) is 5.10 Å². The number of ether oxygens (including phenoxy) is 1. The monoisotopic (exact) mass is 326 g/mol. The zero-order chi connectivity index (χ0) is 17.1. The minimum atomic E-state index is -0.557. The highest BCUT2D eigenvalue weighted by Gasteiger charge is 2.13. The topological polar surface area (TPSA) is 69.0 Å². The van der Waals surface area contributed by atoms with Gasteiger partial charge in [-0.3, -0.25) is 4.79 Å². The van der Waals surface area contributed by atoms with Gasteiger partial charge in [0.15, 0.2) is 17.3 Å². The Morgan fingerprint density at radius 3 is 2.62 bits per heavy atom. The lowest BCUT2D eigenvalue weighted by molar-refractivity contribution is 0.102. The third-order valence-electron chi connectivity index (χ3n) is 3.43. The molecule has 6 nitrogen and oxygen atoms in total. The first-order chi connectivity index (χ1) is 11.6. The summed E-state index contributed by atoms with van der Waals surface area (Å²) < 4.78 is 20.0. The smallest absolute Gasteiger partial charge is 0.277 e. The fourth-order valence-corrected chi connectivity index (χ4v) is 2.13. The van der Waals surface area contributed by atoms with Gasteiger partial charge in [-0.25, -0.2) is 9.07 Å². The molecule has 1 amide bonds. The molecule has 24 heavy (non-hydrogen) atoms. The summed E-state index contributed by atoms with van der Waals surface area (Å²) in [6.45, 7) is 1.98. The van der Waals surface area contributed by atoms with Crippen molar-refractivity contribution >= 4 is 11.6 Å². The lowest BCUT2D eigenvalue weighted by Gasteiger charge is -2.05. The Morgan fingerprint density at radius 1 is 1.21 bits per heavy atom. The quantitative estimate of drug-likeness (QED) is 0.800. The van der Waals surface area contributed by atoms with E-state index in [0.717, 1.165) is 11.3 Å². The maximum Gasteiger partial charge on any atom is 0.277 e. The van der Waals surface area contributed by atoms with E-state index in [1.54, 1.807) is 6.07 Å². The molecular formula is C17H15FN4O2. The van der Waals surface area contributed by atoms with Crippen molar-refractivity contribution in [3.05, 3.63) is 65.7 Å². The van der Waals surface area contributed by atoms with Gasteiger partial charge in [0.25, 0.3) is 5.91 Å². The van der Waals surface area contributed by atoms with Crippen molar-refractivity contribution in [1.29, 1.82) is 0 Å². The van der Waals surface area contributed by atoms with Crippen molar-refractivity contribution in [2.45, 2.75) is 6.92 Å². The normalized spacial score (nSPS) is 10.5. The predicted molar refractivity (Wildman–Crippen MR) is 87.0 cm³/mol. The molecule has 0 spiro atoms. The van der Waals surface area contributed by atoms with Crippen LogP contribution in [-0.4, -0.2) is 28.0 Å². The molecule has 3 rings (SSSR count). The maximum atomic E-state index is 13.7. The fourth-order valence-electron chi connectivity index (χ4n) is 2.13. The van der Waals surface area contributed by atoms with E-state index in [2.05, 4.69) is 15.6 Å². The maximum absolute atomic E-state index is 13.7. The summed E-state index contributed by atoms with van der Waals surface area (Å²) in [5.74, 6) is -0.921. The first kappa shape index (κ1) is 15.7. The number of aromatic nitrogens is 3. The van der Waals surface area contributed by atoms with Gasteiger partial charge in [0.05, 0.1) is 19.0 Å². The number of hydrogen-bond acceptors (Lipinski definition) is 4. The molecule has 0 saturated heterocycles. The van der Waals surface area contributed by atoms with Crippen LogP contribution in [0.25, 0.3) is 5.69 Å². The average Bonchev–Trinajstić information content (AvgIpc) is 3.06. The first-order valence-corrected chi connectivity index (χ1v) is 7.21. The molecule has 0 atom stereocenters. The van der Waals surface area contributed by atoms with Crippen molar-refractivity contribution < 1.29 is 13.9 Å². The summed E-state index contributed by atoms with van der Waals surface area (Å²) in [6.07, 6.45) is 1.51. The number of nitrogens with zero attached hydrogens (tertiary/aromatic N) is 3. The molecule has 1 N–H and O–H groups in total. The second kappa shape index (κ2) is 6.49. The van der Waals surface area contributed by atoms with Gasteiger partial charge < -0.3 is 10.1 Å². The first-order valence-electron chi connectivity index (χ1n) is 7.21. The van der Waals surface area contributed by atoms with E-state index in [1.807, 2.05) is 31.2 Å². The van der Waals surface area contributed by atoms with Crippen LogP contribution >= 0.6 is 0 Å². The van der Waals surface area contributed by atoms with Gasteiger partial charge in [0, 0.05) is 11.8 Å². The highest BCUT2D eigenvalue weighted by atomic mass is 19.1. The van der Waals surface area contributed by atoms with E-state index in [1.165, 1.54) is 30.1 Å². The standard InChI is InChI=1S/C17H15FN4O2/c1-11-3-6-13(7-4-11)22-10-15(20-21-22)17(23)19-12-5-8-16(24-2)14(18)9-12/h3-10H,1-2H3,(H,19,23). The van der Waals surface area contributed by atoms with Crippen LogP contribution in [0.1, 0.15) is 16.1 Å². The van der Waals surface area contributed by atoms with E-state index in [9.17, 15) is 9.18 Å². The predicted octanol–water partition coefficient (Wildman–Crippen LogP) is 2.98. The fraction of sp³-hybridized carbons (Fsp3) is 0.118. The molecule has 0 radical (unpaired) electrons. The number of amides is 1. The highest BCUT2D eigenvalue weighted by molar-refractivity contribution is 6.02. The van der Waals surface area contributed by atoms with Crippen LogP contribution in [0.5, 0.6) is 5.75 Å². The number of nitrogens with one attached hydrogen (secondary N) is 1. The molecule has 2 aromatic carbocycles. The van der Waals surface area contributed by atoms with Gasteiger partial charge in [-0.1, -0.05) is 22.9 Å². The number of carbonyl (C=O) groups is 1. The van der Waals surface area contributed by atoms with Crippen LogP contribution in [0.15, 0.2) is 48.7 Å². The summed E-state index contributed by atoms with van der Waals surface area (Å²) in [5, 5.41) is 10.4. The van der Waals surface area contributed by atoms with Gasteiger partial charge in [-0.05, 0) is 31.2 Å². The number of hydrogen-bond donors (Lipinski definition) is 1. The van der Waals surface area contributed by atoms with Crippen LogP contribution in [0.4, 0.5) is 10.1 Å². The third-order valence-corrected chi connectivity index (χ3v) is 3.43. The van der Waals surface area contributed by atoms with Crippen molar-refractivity contribution in [3.8, 4) is 11.4 Å². The molecule has 1 heterocycles. The van der Waals surface area contributed by atoms with Crippen molar-refractivity contribution in [1.82, 2.24) is 15.0 Å². The van der Waals surface area contributed by atoms with Crippen molar-refractivity contribution in [2.24, 2.45) is 0 Å². The molecule has 122 valence electrons. The Balaban J connectivity index is 1.76. The lowest BCUT2D eigenvalue weighted by Crippen LogP contribution is -2.12. The third kappa shape index (κ3) is 3.24. The summed E-state index contributed by atoms with van der Waals surface area (Å²) in [6, 6.07) is 11.8. The molecule has 0 saturated carbocycles. The van der Waals surface area contributed by atoms with Crippen LogP contribution in [0, 0.1) is 12.7 Å².